The normalized spacial score (nSPS) is 15.9. The van der Waals surface area contributed by atoms with Crippen LogP contribution in [0.4, 0.5) is 10.2 Å². The van der Waals surface area contributed by atoms with Crippen LogP contribution in [-0.4, -0.2) is 46.4 Å². The van der Waals surface area contributed by atoms with Crippen LogP contribution in [0.15, 0.2) is 35.3 Å². The number of anilines is 1. The van der Waals surface area contributed by atoms with E-state index in [2.05, 4.69) is 4.98 Å². The summed E-state index contributed by atoms with van der Waals surface area (Å²) in [6.45, 7) is 4.73. The van der Waals surface area contributed by atoms with Crippen LogP contribution in [0.3, 0.4) is 0 Å². The second kappa shape index (κ2) is 9.19. The summed E-state index contributed by atoms with van der Waals surface area (Å²) >= 11 is 0. The summed E-state index contributed by atoms with van der Waals surface area (Å²) in [4.78, 5) is 32.0. The molecular formula is C24H27FN4O4. The van der Waals surface area contributed by atoms with Crippen molar-refractivity contribution in [3.63, 3.8) is 0 Å². The minimum Gasteiger partial charge on any atom is -0.508 e. The molecule has 0 bridgehead atoms. The molecule has 1 atom stereocenters. The number of phenols is 1. The highest BCUT2D eigenvalue weighted by molar-refractivity contribution is 5.94. The van der Waals surface area contributed by atoms with Crippen molar-refractivity contribution in [3.8, 4) is 5.75 Å². The highest BCUT2D eigenvalue weighted by atomic mass is 19.1. The van der Waals surface area contributed by atoms with Crippen molar-refractivity contribution in [1.29, 1.82) is 0 Å². The Labute approximate surface area is 190 Å². The maximum Gasteiger partial charge on any atom is 0.343 e. The van der Waals surface area contributed by atoms with Crippen LogP contribution in [-0.2, 0) is 17.7 Å². The fraction of sp³-hybridized carbons (Fsp3) is 0.375. The predicted octanol–water partition coefficient (Wildman–Crippen LogP) is 2.51. The number of ether oxygens (including phenoxy) is 1. The standard InChI is InChI=1S/C24H27FN4O4/c1-3-33-24(32)18-13-29(10-8-15-4-6-17(30)7-5-15)22-19(21(18)31)14(2)20(25)23(27-22)28-11-9-16(26)12-28/h4-7,13,16,30H,3,8-12,26H2,1-2H3. The number of hydrogen-bond acceptors (Lipinski definition) is 7. The molecule has 8 nitrogen and oxygen atoms in total. The van der Waals surface area contributed by atoms with Gasteiger partial charge in [-0.25, -0.2) is 14.2 Å². The molecule has 4 rings (SSSR count). The molecule has 0 amide bonds. The smallest absolute Gasteiger partial charge is 0.343 e. The first-order valence-electron chi connectivity index (χ1n) is 11.0. The molecule has 0 aliphatic carbocycles. The number of carbonyl (C=O) groups is 1. The van der Waals surface area contributed by atoms with Crippen molar-refractivity contribution in [2.24, 2.45) is 5.73 Å². The minimum absolute atomic E-state index is 0.0647. The van der Waals surface area contributed by atoms with Gasteiger partial charge >= 0.3 is 5.97 Å². The van der Waals surface area contributed by atoms with E-state index < -0.39 is 17.2 Å². The molecule has 1 saturated heterocycles. The zero-order valence-corrected chi connectivity index (χ0v) is 18.7. The Morgan fingerprint density at radius 1 is 1.33 bits per heavy atom. The van der Waals surface area contributed by atoms with Crippen molar-refractivity contribution in [3.05, 3.63) is 63.2 Å². The monoisotopic (exact) mass is 454 g/mol. The average molecular weight is 455 g/mol. The highest BCUT2D eigenvalue weighted by Crippen LogP contribution is 2.28. The van der Waals surface area contributed by atoms with E-state index in [1.165, 1.54) is 13.1 Å². The number of phenolic OH excluding ortho intramolecular Hbond substituents is 1. The van der Waals surface area contributed by atoms with Crippen LogP contribution in [0, 0.1) is 12.7 Å². The summed E-state index contributed by atoms with van der Waals surface area (Å²) in [5, 5.41) is 9.59. The molecule has 3 aromatic rings. The molecule has 9 heteroatoms. The maximum atomic E-state index is 15.4. The highest BCUT2D eigenvalue weighted by Gasteiger charge is 2.27. The first-order chi connectivity index (χ1) is 15.8. The third kappa shape index (κ3) is 4.41. The maximum absolute atomic E-state index is 15.4. The van der Waals surface area contributed by atoms with Crippen LogP contribution >= 0.6 is 0 Å². The Morgan fingerprint density at radius 3 is 2.70 bits per heavy atom. The zero-order valence-electron chi connectivity index (χ0n) is 18.7. The van der Waals surface area contributed by atoms with Gasteiger partial charge in [0.2, 0.25) is 5.43 Å². The lowest BCUT2D eigenvalue weighted by atomic mass is 10.1. The SMILES string of the molecule is CCOC(=O)c1cn(CCc2ccc(O)cc2)c2nc(N3CCC(N)C3)c(F)c(C)c2c1=O. The molecule has 1 aliphatic heterocycles. The number of esters is 1. The fourth-order valence-electron chi connectivity index (χ4n) is 4.17. The van der Waals surface area contributed by atoms with E-state index in [0.29, 0.717) is 31.7 Å². The van der Waals surface area contributed by atoms with E-state index in [1.807, 2.05) is 0 Å². The van der Waals surface area contributed by atoms with Gasteiger partial charge in [-0.1, -0.05) is 12.1 Å². The van der Waals surface area contributed by atoms with Gasteiger partial charge in [-0.3, -0.25) is 4.79 Å². The molecule has 1 fully saturated rings. The number of benzene rings is 1. The molecule has 33 heavy (non-hydrogen) atoms. The minimum atomic E-state index is -0.753. The summed E-state index contributed by atoms with van der Waals surface area (Å²) in [7, 11) is 0. The van der Waals surface area contributed by atoms with Gasteiger partial charge in [0.1, 0.15) is 17.0 Å². The molecular weight excluding hydrogens is 427 g/mol. The largest absolute Gasteiger partial charge is 0.508 e. The Bertz CT molecular complexity index is 1260. The number of aromatic hydroxyl groups is 1. The van der Waals surface area contributed by atoms with E-state index >= 15 is 4.39 Å². The third-order valence-electron chi connectivity index (χ3n) is 5.96. The summed E-state index contributed by atoms with van der Waals surface area (Å²) < 4.78 is 22.1. The van der Waals surface area contributed by atoms with E-state index in [9.17, 15) is 14.7 Å². The molecule has 1 aliphatic rings. The lowest BCUT2D eigenvalue weighted by molar-refractivity contribution is 0.0524. The number of aryl methyl sites for hydroxylation is 3. The van der Waals surface area contributed by atoms with Gasteiger partial charge in [0, 0.05) is 37.4 Å². The number of rotatable bonds is 6. The van der Waals surface area contributed by atoms with E-state index in [0.717, 1.165) is 12.0 Å². The summed E-state index contributed by atoms with van der Waals surface area (Å²) in [6.07, 6.45) is 2.71. The van der Waals surface area contributed by atoms with E-state index in [1.54, 1.807) is 40.7 Å². The van der Waals surface area contributed by atoms with Gasteiger partial charge in [-0.15, -0.1) is 0 Å². The summed E-state index contributed by atoms with van der Waals surface area (Å²) in [5.41, 5.74) is 6.65. The number of aromatic nitrogens is 2. The third-order valence-corrected chi connectivity index (χ3v) is 5.96. The Morgan fingerprint density at radius 2 is 2.06 bits per heavy atom. The quantitative estimate of drug-likeness (QED) is 0.551. The first kappa shape index (κ1) is 22.7. The Balaban J connectivity index is 1.87. The Hall–Kier alpha value is -3.46. The molecule has 0 spiro atoms. The zero-order chi connectivity index (χ0) is 23.7. The average Bonchev–Trinajstić information content (AvgIpc) is 3.22. The summed E-state index contributed by atoms with van der Waals surface area (Å²) in [5.74, 6) is -1.01. The van der Waals surface area contributed by atoms with Crippen molar-refractivity contribution < 1.29 is 19.0 Å². The van der Waals surface area contributed by atoms with Crippen molar-refractivity contribution in [2.75, 3.05) is 24.6 Å². The van der Waals surface area contributed by atoms with Gasteiger partial charge in [-0.2, -0.15) is 0 Å². The molecule has 1 unspecified atom stereocenters. The molecule has 0 radical (unpaired) electrons. The van der Waals surface area contributed by atoms with Gasteiger partial charge in [0.15, 0.2) is 11.6 Å². The summed E-state index contributed by atoms with van der Waals surface area (Å²) in [6, 6.07) is 6.71. The number of pyridine rings is 2. The molecule has 0 saturated carbocycles. The second-order valence-corrected chi connectivity index (χ2v) is 8.27. The van der Waals surface area contributed by atoms with Crippen molar-refractivity contribution in [1.82, 2.24) is 9.55 Å². The number of hydrogen-bond donors (Lipinski definition) is 2. The van der Waals surface area contributed by atoms with Crippen LogP contribution < -0.4 is 16.1 Å². The van der Waals surface area contributed by atoms with Gasteiger partial charge in [-0.05, 0) is 44.4 Å². The van der Waals surface area contributed by atoms with Crippen LogP contribution in [0.25, 0.3) is 11.0 Å². The Kier molecular flexibility index (Phi) is 6.33. The van der Waals surface area contributed by atoms with Crippen molar-refractivity contribution >= 4 is 22.8 Å². The lowest BCUT2D eigenvalue weighted by Gasteiger charge is -2.21. The molecule has 3 N–H and O–H groups in total. The van der Waals surface area contributed by atoms with Crippen molar-refractivity contribution in [2.45, 2.75) is 39.3 Å². The lowest BCUT2D eigenvalue weighted by Crippen LogP contribution is -2.29. The first-order valence-corrected chi connectivity index (χ1v) is 11.0. The van der Waals surface area contributed by atoms with Crippen LogP contribution in [0.2, 0.25) is 0 Å². The van der Waals surface area contributed by atoms with Gasteiger partial charge in [0.05, 0.1) is 12.0 Å². The van der Waals surface area contributed by atoms with E-state index in [4.69, 9.17) is 10.5 Å². The van der Waals surface area contributed by atoms with Gasteiger partial charge < -0.3 is 25.0 Å². The molecule has 1 aromatic carbocycles. The topological polar surface area (TPSA) is 111 Å². The van der Waals surface area contributed by atoms with E-state index in [-0.39, 0.29) is 40.7 Å². The fourth-order valence-corrected chi connectivity index (χ4v) is 4.17. The second-order valence-electron chi connectivity index (χ2n) is 8.27. The van der Waals surface area contributed by atoms with Gasteiger partial charge in [0.25, 0.3) is 0 Å². The molecule has 174 valence electrons. The molecule has 2 aromatic heterocycles. The number of carbonyl (C=O) groups excluding carboxylic acids is 1. The molecule has 3 heterocycles. The number of nitrogens with zero attached hydrogens (tertiary/aromatic N) is 3. The van der Waals surface area contributed by atoms with Crippen LogP contribution in [0.5, 0.6) is 5.75 Å². The number of halogens is 1. The number of nitrogens with two attached hydrogens (primary N) is 1. The number of fused-ring (bicyclic) bond motifs is 1. The predicted molar refractivity (Wildman–Crippen MR) is 123 cm³/mol. The van der Waals surface area contributed by atoms with Crippen LogP contribution in [0.1, 0.15) is 34.8 Å².